The number of likely N-dealkylation sites (tertiary alicyclic amines) is 1. The molecule has 9 heteroatoms. The Bertz CT molecular complexity index is 735. The van der Waals surface area contributed by atoms with E-state index in [1.807, 2.05) is 33.8 Å². The van der Waals surface area contributed by atoms with Gasteiger partial charge in [0.25, 0.3) is 0 Å². The molecule has 2 heterocycles. The van der Waals surface area contributed by atoms with Gasteiger partial charge < -0.3 is 20.1 Å². The maximum absolute atomic E-state index is 12.6. The van der Waals surface area contributed by atoms with Crippen LogP contribution in [0.2, 0.25) is 0 Å². The second-order valence-corrected chi connectivity index (χ2v) is 9.06. The van der Waals surface area contributed by atoms with Gasteiger partial charge in [0.15, 0.2) is 5.82 Å². The van der Waals surface area contributed by atoms with Gasteiger partial charge in [-0.05, 0) is 39.5 Å². The van der Waals surface area contributed by atoms with Crippen molar-refractivity contribution in [3.05, 3.63) is 11.8 Å². The van der Waals surface area contributed by atoms with E-state index in [4.69, 9.17) is 4.74 Å². The van der Waals surface area contributed by atoms with Crippen molar-refractivity contribution < 1.29 is 19.4 Å². The van der Waals surface area contributed by atoms with E-state index in [0.29, 0.717) is 25.3 Å². The summed E-state index contributed by atoms with van der Waals surface area (Å²) in [7, 11) is 0. The number of nitrogens with zero attached hydrogens (tertiary/aromatic N) is 2. The molecule has 1 aromatic heterocycles. The van der Waals surface area contributed by atoms with Crippen LogP contribution in [0.4, 0.5) is 5.82 Å². The van der Waals surface area contributed by atoms with Crippen molar-refractivity contribution in [2.75, 3.05) is 18.4 Å². The molecule has 9 nitrogen and oxygen atoms in total. The molecule has 1 aliphatic heterocycles. The molecule has 0 bridgehead atoms. The molecule has 1 saturated carbocycles. The molecule has 4 atom stereocenters. The number of nitrogens with one attached hydrogen (secondary N) is 3. The standard InChI is InChI=1S/C21H35N5O4/c1-12(2)20(28)26-8-7-15(11-26)19(27)23-18-10-17(24-25-18)14-5-6-16(9-14)30-21(29)22-13(3)4/h10,12-16,21-22,29H,5-9,11H2,1-4H3,(H2,23,24,25,27)/t14-,15-,16+,21?/m0/s1. The number of hydrogen-bond acceptors (Lipinski definition) is 6. The molecule has 0 spiro atoms. The number of ether oxygens (including phenoxy) is 1. The average molecular weight is 422 g/mol. The maximum atomic E-state index is 12.6. The lowest BCUT2D eigenvalue weighted by atomic mass is 10.0. The van der Waals surface area contributed by atoms with Crippen molar-refractivity contribution in [1.29, 1.82) is 0 Å². The zero-order chi connectivity index (χ0) is 21.8. The lowest BCUT2D eigenvalue weighted by Crippen LogP contribution is -2.38. The van der Waals surface area contributed by atoms with Crippen LogP contribution in [0, 0.1) is 11.8 Å². The molecular formula is C21H35N5O4. The number of H-pyrrole nitrogens is 1. The molecule has 2 amide bonds. The highest BCUT2D eigenvalue weighted by Gasteiger charge is 2.33. The van der Waals surface area contributed by atoms with E-state index >= 15 is 0 Å². The minimum atomic E-state index is -0.959. The lowest BCUT2D eigenvalue weighted by Gasteiger charge is -2.20. The van der Waals surface area contributed by atoms with Crippen LogP contribution in [0.5, 0.6) is 0 Å². The van der Waals surface area contributed by atoms with Crippen LogP contribution in [-0.4, -0.2) is 63.7 Å². The van der Waals surface area contributed by atoms with Gasteiger partial charge >= 0.3 is 0 Å². The van der Waals surface area contributed by atoms with E-state index in [0.717, 1.165) is 25.0 Å². The van der Waals surface area contributed by atoms with E-state index in [-0.39, 0.29) is 41.7 Å². The van der Waals surface area contributed by atoms with Crippen molar-refractivity contribution in [2.45, 2.75) is 77.9 Å². The fourth-order valence-electron chi connectivity index (χ4n) is 4.23. The molecular weight excluding hydrogens is 386 g/mol. The Labute approximate surface area is 177 Å². The molecule has 1 aliphatic carbocycles. The average Bonchev–Trinajstić information content (AvgIpc) is 3.40. The monoisotopic (exact) mass is 421 g/mol. The number of amides is 2. The van der Waals surface area contributed by atoms with E-state index < -0.39 is 6.41 Å². The second kappa shape index (κ2) is 9.89. The summed E-state index contributed by atoms with van der Waals surface area (Å²) < 4.78 is 5.67. The highest BCUT2D eigenvalue weighted by atomic mass is 16.6. The predicted molar refractivity (Wildman–Crippen MR) is 112 cm³/mol. The topological polar surface area (TPSA) is 120 Å². The Hall–Kier alpha value is -1.97. The molecule has 2 aliphatic rings. The summed E-state index contributed by atoms with van der Waals surface area (Å²) in [4.78, 5) is 26.5. The summed E-state index contributed by atoms with van der Waals surface area (Å²) in [6.07, 6.45) is 2.30. The third-order valence-corrected chi connectivity index (χ3v) is 5.84. The largest absolute Gasteiger partial charge is 0.356 e. The van der Waals surface area contributed by atoms with Crippen molar-refractivity contribution in [3.63, 3.8) is 0 Å². The summed E-state index contributed by atoms with van der Waals surface area (Å²) in [5, 5.41) is 23.0. The third-order valence-electron chi connectivity index (χ3n) is 5.84. The minimum absolute atomic E-state index is 0.0134. The third kappa shape index (κ3) is 5.80. The quantitative estimate of drug-likeness (QED) is 0.475. The van der Waals surface area contributed by atoms with Crippen LogP contribution < -0.4 is 10.6 Å². The Morgan fingerprint density at radius 1 is 1.27 bits per heavy atom. The summed E-state index contributed by atoms with van der Waals surface area (Å²) >= 11 is 0. The number of anilines is 1. The van der Waals surface area contributed by atoms with Crippen LogP contribution in [0.3, 0.4) is 0 Å². The maximum Gasteiger partial charge on any atom is 0.230 e. The van der Waals surface area contributed by atoms with Gasteiger partial charge in [-0.2, -0.15) is 5.10 Å². The molecule has 0 radical (unpaired) electrons. The zero-order valence-electron chi connectivity index (χ0n) is 18.4. The molecule has 4 N–H and O–H groups in total. The first-order valence-corrected chi connectivity index (χ1v) is 11.0. The first-order chi connectivity index (χ1) is 14.2. The van der Waals surface area contributed by atoms with E-state index in [1.165, 1.54) is 0 Å². The number of aromatic nitrogens is 2. The number of aliphatic hydroxyl groups excluding tert-OH is 1. The van der Waals surface area contributed by atoms with Crippen molar-refractivity contribution >= 4 is 17.6 Å². The molecule has 168 valence electrons. The Morgan fingerprint density at radius 3 is 2.73 bits per heavy atom. The van der Waals surface area contributed by atoms with E-state index in [9.17, 15) is 14.7 Å². The fraction of sp³-hybridized carbons (Fsp3) is 0.762. The minimum Gasteiger partial charge on any atom is -0.356 e. The van der Waals surface area contributed by atoms with Gasteiger partial charge in [-0.3, -0.25) is 20.0 Å². The highest BCUT2D eigenvalue weighted by Crippen LogP contribution is 2.36. The normalized spacial score (nSPS) is 25.3. The molecule has 3 rings (SSSR count). The van der Waals surface area contributed by atoms with Crippen molar-refractivity contribution in [3.8, 4) is 0 Å². The molecule has 1 unspecified atom stereocenters. The zero-order valence-corrected chi connectivity index (χ0v) is 18.4. The number of hydrogen-bond donors (Lipinski definition) is 4. The second-order valence-electron chi connectivity index (χ2n) is 9.06. The van der Waals surface area contributed by atoms with E-state index in [2.05, 4.69) is 20.8 Å². The molecule has 1 aromatic rings. The Balaban J connectivity index is 1.47. The lowest BCUT2D eigenvalue weighted by molar-refractivity contribution is -0.155. The smallest absolute Gasteiger partial charge is 0.230 e. The van der Waals surface area contributed by atoms with Gasteiger partial charge in [0.2, 0.25) is 18.2 Å². The van der Waals surface area contributed by atoms with Crippen LogP contribution in [0.15, 0.2) is 6.07 Å². The van der Waals surface area contributed by atoms with Crippen LogP contribution in [0.25, 0.3) is 0 Å². The molecule has 1 saturated heterocycles. The summed E-state index contributed by atoms with van der Waals surface area (Å²) in [6.45, 7) is 8.75. The molecule has 2 fully saturated rings. The Kier molecular flexibility index (Phi) is 7.49. The summed E-state index contributed by atoms with van der Waals surface area (Å²) in [5.74, 6) is 0.510. The Morgan fingerprint density at radius 2 is 2.03 bits per heavy atom. The van der Waals surface area contributed by atoms with Crippen LogP contribution in [-0.2, 0) is 14.3 Å². The van der Waals surface area contributed by atoms with Gasteiger partial charge in [0, 0.05) is 42.7 Å². The van der Waals surface area contributed by atoms with E-state index in [1.54, 1.807) is 4.90 Å². The van der Waals surface area contributed by atoms with Crippen molar-refractivity contribution in [1.82, 2.24) is 20.4 Å². The number of rotatable bonds is 8. The number of aliphatic hydroxyl groups is 1. The number of aromatic amines is 1. The number of carbonyl (C=O) groups excluding carboxylic acids is 2. The van der Waals surface area contributed by atoms with Gasteiger partial charge in [0.05, 0.1) is 12.0 Å². The fourth-order valence-corrected chi connectivity index (χ4v) is 4.23. The van der Waals surface area contributed by atoms with Gasteiger partial charge in [-0.15, -0.1) is 0 Å². The SMILES string of the molecule is CC(C)NC(O)O[C@@H]1CC[C@H](c2cc(NC(=O)[C@H]3CCN(C(=O)C(C)C)C3)n[nH]2)C1. The molecule has 30 heavy (non-hydrogen) atoms. The predicted octanol–water partition coefficient (Wildman–Crippen LogP) is 1.78. The summed E-state index contributed by atoms with van der Waals surface area (Å²) in [6, 6.07) is 2.02. The van der Waals surface area contributed by atoms with Gasteiger partial charge in [-0.25, -0.2) is 0 Å². The van der Waals surface area contributed by atoms with Crippen LogP contribution >= 0.6 is 0 Å². The van der Waals surface area contributed by atoms with Gasteiger partial charge in [-0.1, -0.05) is 13.8 Å². The van der Waals surface area contributed by atoms with Crippen molar-refractivity contribution in [2.24, 2.45) is 11.8 Å². The van der Waals surface area contributed by atoms with Gasteiger partial charge in [0.1, 0.15) is 0 Å². The highest BCUT2D eigenvalue weighted by molar-refractivity contribution is 5.92. The number of carbonyl (C=O) groups is 2. The summed E-state index contributed by atoms with van der Waals surface area (Å²) in [5.41, 5.74) is 0.964. The first-order valence-electron chi connectivity index (χ1n) is 11.0. The van der Waals surface area contributed by atoms with Crippen LogP contribution in [0.1, 0.15) is 65.0 Å². The first kappa shape index (κ1) is 22.7. The molecule has 0 aromatic carbocycles.